The maximum absolute atomic E-state index is 2.45. The Morgan fingerprint density at radius 2 is 2.22 bits per heavy atom. The quantitative estimate of drug-likeness (QED) is 0.518. The molecule has 0 aromatic rings. The minimum Gasteiger partial charge on any atom is -0.303 e. The van der Waals surface area contributed by atoms with Crippen LogP contribution in [0.5, 0.6) is 0 Å². The van der Waals surface area contributed by atoms with Crippen LogP contribution in [0.3, 0.4) is 0 Å². The molecule has 1 rings (SSSR count). The van der Waals surface area contributed by atoms with Crippen LogP contribution in [0.4, 0.5) is 0 Å². The molecule has 1 unspecified atom stereocenters. The van der Waals surface area contributed by atoms with Crippen LogP contribution in [-0.2, 0) is 0 Å². The number of nitrogens with zero attached hydrogens (tertiary/aromatic N) is 1. The van der Waals surface area contributed by atoms with Crippen molar-refractivity contribution in [2.75, 3.05) is 13.6 Å². The van der Waals surface area contributed by atoms with Gasteiger partial charge in [-0.15, -0.1) is 0 Å². The van der Waals surface area contributed by atoms with Crippen molar-refractivity contribution in [2.24, 2.45) is 5.92 Å². The van der Waals surface area contributed by atoms with Gasteiger partial charge in [-0.25, -0.2) is 0 Å². The van der Waals surface area contributed by atoms with Crippen molar-refractivity contribution in [3.8, 4) is 0 Å². The van der Waals surface area contributed by atoms with E-state index in [1.807, 2.05) is 0 Å². The monoisotopic (exact) mass is 127 g/mol. The molecule has 9 heavy (non-hydrogen) atoms. The highest BCUT2D eigenvalue weighted by Gasteiger charge is 2.25. The van der Waals surface area contributed by atoms with Crippen molar-refractivity contribution < 1.29 is 0 Å². The lowest BCUT2D eigenvalue weighted by Gasteiger charge is -2.18. The van der Waals surface area contributed by atoms with Gasteiger partial charge in [0.1, 0.15) is 0 Å². The highest BCUT2D eigenvalue weighted by molar-refractivity contribution is 4.80. The number of hydrogen-bond donors (Lipinski definition) is 0. The van der Waals surface area contributed by atoms with Gasteiger partial charge in [-0.1, -0.05) is 13.3 Å². The van der Waals surface area contributed by atoms with Crippen LogP contribution in [0.15, 0.2) is 0 Å². The van der Waals surface area contributed by atoms with Crippen LogP contribution in [0, 0.1) is 5.92 Å². The molecule has 0 bridgehead atoms. The van der Waals surface area contributed by atoms with Gasteiger partial charge in [0.2, 0.25) is 0 Å². The highest BCUT2D eigenvalue weighted by atomic mass is 15.1. The molecule has 54 valence electrons. The zero-order chi connectivity index (χ0) is 6.85. The highest BCUT2D eigenvalue weighted by Crippen LogP contribution is 2.24. The molecule has 0 spiro atoms. The lowest BCUT2D eigenvalue weighted by Crippen LogP contribution is -2.25. The fraction of sp³-hybridized carbons (Fsp3) is 1.00. The molecule has 0 aliphatic carbocycles. The normalized spacial score (nSPS) is 37.7. The zero-order valence-electron chi connectivity index (χ0n) is 6.72. The molecule has 1 nitrogen and oxygen atoms in total. The van der Waals surface area contributed by atoms with Crippen molar-refractivity contribution >= 4 is 0 Å². The third-order valence-corrected chi connectivity index (χ3v) is 2.75. The SMILES string of the molecule is CC[C@@H]1CCN(C)C1C. The molecule has 1 saturated heterocycles. The summed E-state index contributed by atoms with van der Waals surface area (Å²) in [6, 6.07) is 0.829. The van der Waals surface area contributed by atoms with E-state index in [1.54, 1.807) is 0 Å². The molecular weight excluding hydrogens is 110 g/mol. The molecule has 1 heterocycles. The topological polar surface area (TPSA) is 3.24 Å². The summed E-state index contributed by atoms with van der Waals surface area (Å²) in [7, 11) is 2.22. The Morgan fingerprint density at radius 3 is 2.44 bits per heavy atom. The summed E-state index contributed by atoms with van der Waals surface area (Å²) in [6.45, 7) is 5.93. The van der Waals surface area contributed by atoms with Crippen molar-refractivity contribution in [1.82, 2.24) is 4.90 Å². The average Bonchev–Trinajstić information content (AvgIpc) is 2.15. The van der Waals surface area contributed by atoms with E-state index in [1.165, 1.54) is 19.4 Å². The molecule has 1 aliphatic rings. The lowest BCUT2D eigenvalue weighted by atomic mass is 9.99. The van der Waals surface area contributed by atoms with Crippen LogP contribution < -0.4 is 0 Å². The smallest absolute Gasteiger partial charge is 0.00925 e. The van der Waals surface area contributed by atoms with E-state index >= 15 is 0 Å². The lowest BCUT2D eigenvalue weighted by molar-refractivity contribution is 0.289. The summed E-state index contributed by atoms with van der Waals surface area (Å²) >= 11 is 0. The molecule has 1 heteroatoms. The van der Waals surface area contributed by atoms with E-state index in [0.717, 1.165) is 12.0 Å². The molecule has 2 atom stereocenters. The number of hydrogen-bond acceptors (Lipinski definition) is 1. The molecule has 1 aliphatic heterocycles. The van der Waals surface area contributed by atoms with Crippen LogP contribution in [-0.4, -0.2) is 24.5 Å². The Balaban J connectivity index is 2.41. The van der Waals surface area contributed by atoms with Crippen molar-refractivity contribution in [3.05, 3.63) is 0 Å². The molecule has 0 N–H and O–H groups in total. The van der Waals surface area contributed by atoms with Gasteiger partial charge in [0.25, 0.3) is 0 Å². The summed E-state index contributed by atoms with van der Waals surface area (Å²) in [6.07, 6.45) is 2.76. The van der Waals surface area contributed by atoms with Crippen molar-refractivity contribution in [2.45, 2.75) is 32.7 Å². The minimum absolute atomic E-state index is 0.829. The first-order valence-corrected chi connectivity index (χ1v) is 3.96. The first-order valence-electron chi connectivity index (χ1n) is 3.96. The van der Waals surface area contributed by atoms with E-state index in [-0.39, 0.29) is 0 Å². The molecule has 0 saturated carbocycles. The Morgan fingerprint density at radius 1 is 1.56 bits per heavy atom. The van der Waals surface area contributed by atoms with Crippen molar-refractivity contribution in [3.63, 3.8) is 0 Å². The molecule has 1 fully saturated rings. The van der Waals surface area contributed by atoms with Gasteiger partial charge in [-0.05, 0) is 32.9 Å². The predicted octanol–water partition coefficient (Wildman–Crippen LogP) is 1.74. The standard InChI is InChI=1S/C8H17N/c1-4-8-5-6-9(3)7(8)2/h7-8H,4-6H2,1-3H3/t7?,8-/m1/s1. The molecule has 0 radical (unpaired) electrons. The van der Waals surface area contributed by atoms with E-state index in [0.29, 0.717) is 0 Å². The van der Waals surface area contributed by atoms with Crippen LogP contribution in [0.25, 0.3) is 0 Å². The number of rotatable bonds is 1. The molecular formula is C8H17N. The molecule has 0 aromatic heterocycles. The summed E-state index contributed by atoms with van der Waals surface area (Å²) in [5.41, 5.74) is 0. The Kier molecular flexibility index (Phi) is 2.12. The largest absolute Gasteiger partial charge is 0.303 e. The van der Waals surface area contributed by atoms with E-state index in [4.69, 9.17) is 0 Å². The van der Waals surface area contributed by atoms with Crippen LogP contribution in [0.1, 0.15) is 26.7 Å². The van der Waals surface area contributed by atoms with Gasteiger partial charge >= 0.3 is 0 Å². The number of likely N-dealkylation sites (tertiary alicyclic amines) is 1. The molecule has 0 aromatic carbocycles. The van der Waals surface area contributed by atoms with Gasteiger partial charge in [0, 0.05) is 6.04 Å². The molecule has 0 amide bonds. The third-order valence-electron chi connectivity index (χ3n) is 2.75. The van der Waals surface area contributed by atoms with Crippen LogP contribution in [0.2, 0.25) is 0 Å². The predicted molar refractivity (Wildman–Crippen MR) is 40.5 cm³/mol. The zero-order valence-corrected chi connectivity index (χ0v) is 6.72. The van der Waals surface area contributed by atoms with E-state index in [9.17, 15) is 0 Å². The fourth-order valence-corrected chi connectivity index (χ4v) is 1.72. The average molecular weight is 127 g/mol. The fourth-order valence-electron chi connectivity index (χ4n) is 1.72. The van der Waals surface area contributed by atoms with Gasteiger partial charge in [0.15, 0.2) is 0 Å². The Hall–Kier alpha value is -0.0400. The second-order valence-corrected chi connectivity index (χ2v) is 3.18. The maximum Gasteiger partial charge on any atom is 0.00925 e. The summed E-state index contributed by atoms with van der Waals surface area (Å²) in [5, 5.41) is 0. The van der Waals surface area contributed by atoms with Gasteiger partial charge in [0.05, 0.1) is 0 Å². The van der Waals surface area contributed by atoms with Crippen molar-refractivity contribution in [1.29, 1.82) is 0 Å². The van der Waals surface area contributed by atoms with Crippen LogP contribution >= 0.6 is 0 Å². The van der Waals surface area contributed by atoms with E-state index in [2.05, 4.69) is 25.8 Å². The Labute approximate surface area is 58.0 Å². The summed E-state index contributed by atoms with van der Waals surface area (Å²) in [5.74, 6) is 0.968. The minimum atomic E-state index is 0.829. The second kappa shape index (κ2) is 2.70. The first-order chi connectivity index (χ1) is 4.25. The first kappa shape index (κ1) is 7.07. The Bertz CT molecular complexity index is 90.6. The maximum atomic E-state index is 2.45. The van der Waals surface area contributed by atoms with Gasteiger partial charge < -0.3 is 4.90 Å². The van der Waals surface area contributed by atoms with Gasteiger partial charge in [-0.2, -0.15) is 0 Å². The van der Waals surface area contributed by atoms with E-state index < -0.39 is 0 Å². The second-order valence-electron chi connectivity index (χ2n) is 3.18. The third kappa shape index (κ3) is 1.26. The van der Waals surface area contributed by atoms with Gasteiger partial charge in [-0.3, -0.25) is 0 Å². The summed E-state index contributed by atoms with van der Waals surface area (Å²) in [4.78, 5) is 2.45. The summed E-state index contributed by atoms with van der Waals surface area (Å²) < 4.78 is 0.